The van der Waals surface area contributed by atoms with E-state index in [1.165, 1.54) is 11.3 Å². The minimum absolute atomic E-state index is 0.0723. The molecule has 5 heteroatoms. The first-order valence-electron chi connectivity index (χ1n) is 9.57. The molecule has 0 fully saturated rings. The number of methoxy groups -OCH3 is 1. The Bertz CT molecular complexity index is 936. The van der Waals surface area contributed by atoms with Crippen molar-refractivity contribution < 1.29 is 9.53 Å². The van der Waals surface area contributed by atoms with Gasteiger partial charge in [0.05, 0.1) is 7.11 Å². The summed E-state index contributed by atoms with van der Waals surface area (Å²) in [5.41, 5.74) is 3.21. The average molecular weight is 375 g/mol. The van der Waals surface area contributed by atoms with Crippen LogP contribution in [0.5, 0.6) is 5.75 Å². The first-order chi connectivity index (χ1) is 13.7. The molecule has 1 atom stereocenters. The highest BCUT2D eigenvalue weighted by molar-refractivity contribution is 5.94. The number of ether oxygens (including phenoxy) is 1. The van der Waals surface area contributed by atoms with E-state index in [4.69, 9.17) is 4.74 Å². The van der Waals surface area contributed by atoms with Gasteiger partial charge in [0, 0.05) is 49.7 Å². The topological polar surface area (TPSA) is 46.5 Å². The molecule has 0 saturated heterocycles. The average Bonchev–Trinajstić information content (AvgIpc) is 3.20. The molecule has 4 rings (SSSR count). The van der Waals surface area contributed by atoms with Gasteiger partial charge in [0.25, 0.3) is 5.91 Å². The highest BCUT2D eigenvalue weighted by Crippen LogP contribution is 2.21. The van der Waals surface area contributed by atoms with Crippen LogP contribution in [0.1, 0.15) is 21.6 Å². The van der Waals surface area contributed by atoms with Crippen LogP contribution in [0.2, 0.25) is 0 Å². The number of carbonyl (C=O) groups is 1. The molecule has 1 N–H and O–H groups in total. The lowest BCUT2D eigenvalue weighted by atomic mass is 10.1. The number of benzene rings is 2. The molecular formula is C23H25N3O2. The Labute approximate surface area is 165 Å². The van der Waals surface area contributed by atoms with Crippen LogP contribution in [-0.2, 0) is 19.6 Å². The third-order valence-electron chi connectivity index (χ3n) is 5.27. The molecule has 0 radical (unpaired) electrons. The van der Waals surface area contributed by atoms with E-state index in [-0.39, 0.29) is 11.9 Å². The third-order valence-corrected chi connectivity index (χ3v) is 5.27. The molecule has 0 spiro atoms. The molecule has 1 amide bonds. The summed E-state index contributed by atoms with van der Waals surface area (Å²) in [5, 5.41) is 3.11. The van der Waals surface area contributed by atoms with Gasteiger partial charge in [-0.3, -0.25) is 9.69 Å². The minimum atomic E-state index is -0.0723. The maximum absolute atomic E-state index is 12.6. The predicted molar refractivity (Wildman–Crippen MR) is 109 cm³/mol. The number of amides is 1. The fourth-order valence-electron chi connectivity index (χ4n) is 3.72. The standard InChI is InChI=1S/C23H25N3O2/c1-28-22-11-5-9-19(13-22)23(27)24-14-21-17-25-12-6-10-20(25)16-26(21)15-18-7-3-2-4-8-18/h2-13,21H,14-17H2,1H3,(H,24,27). The molecule has 1 unspecified atom stereocenters. The number of nitrogens with one attached hydrogen (secondary N) is 1. The number of fused-ring (bicyclic) bond motifs is 1. The Morgan fingerprint density at radius 2 is 1.96 bits per heavy atom. The van der Waals surface area contributed by atoms with Crippen molar-refractivity contribution in [2.75, 3.05) is 13.7 Å². The first-order valence-corrected chi connectivity index (χ1v) is 9.57. The quantitative estimate of drug-likeness (QED) is 0.719. The summed E-state index contributed by atoms with van der Waals surface area (Å²) in [4.78, 5) is 15.1. The summed E-state index contributed by atoms with van der Waals surface area (Å²) in [6.45, 7) is 3.21. The molecule has 2 aromatic carbocycles. The second-order valence-electron chi connectivity index (χ2n) is 7.14. The van der Waals surface area contributed by atoms with E-state index < -0.39 is 0 Å². The van der Waals surface area contributed by atoms with Gasteiger partial charge in [0.15, 0.2) is 0 Å². The van der Waals surface area contributed by atoms with Gasteiger partial charge in [-0.25, -0.2) is 0 Å². The predicted octanol–water partition coefficient (Wildman–Crippen LogP) is 3.31. The SMILES string of the molecule is COc1cccc(C(=O)NCC2Cn3cccc3CN2Cc2ccccc2)c1. The normalized spacial score (nSPS) is 16.4. The lowest BCUT2D eigenvalue weighted by Gasteiger charge is -2.37. The highest BCUT2D eigenvalue weighted by Gasteiger charge is 2.26. The third kappa shape index (κ3) is 4.10. The first kappa shape index (κ1) is 18.3. The summed E-state index contributed by atoms with van der Waals surface area (Å²) >= 11 is 0. The van der Waals surface area contributed by atoms with Gasteiger partial charge in [-0.15, -0.1) is 0 Å². The lowest BCUT2D eigenvalue weighted by Crippen LogP contribution is -2.48. The molecule has 1 aromatic heterocycles. The summed E-state index contributed by atoms with van der Waals surface area (Å²) in [7, 11) is 1.61. The summed E-state index contributed by atoms with van der Waals surface area (Å²) in [6.07, 6.45) is 2.12. The summed E-state index contributed by atoms with van der Waals surface area (Å²) < 4.78 is 7.50. The molecule has 5 nitrogen and oxygen atoms in total. The van der Waals surface area contributed by atoms with Gasteiger partial charge in [0.1, 0.15) is 5.75 Å². The molecule has 2 heterocycles. The smallest absolute Gasteiger partial charge is 0.251 e. The molecule has 1 aliphatic rings. The lowest BCUT2D eigenvalue weighted by molar-refractivity contribution is 0.0898. The number of aromatic nitrogens is 1. The van der Waals surface area contributed by atoms with Crippen molar-refractivity contribution >= 4 is 5.91 Å². The van der Waals surface area contributed by atoms with Gasteiger partial charge in [-0.1, -0.05) is 36.4 Å². The zero-order chi connectivity index (χ0) is 19.3. The van der Waals surface area contributed by atoms with E-state index >= 15 is 0 Å². The van der Waals surface area contributed by atoms with Crippen LogP contribution < -0.4 is 10.1 Å². The summed E-state index contributed by atoms with van der Waals surface area (Å²) in [6, 6.07) is 22.2. The number of hydrogen-bond donors (Lipinski definition) is 1. The Morgan fingerprint density at radius 3 is 2.79 bits per heavy atom. The van der Waals surface area contributed by atoms with E-state index in [9.17, 15) is 4.79 Å². The van der Waals surface area contributed by atoms with Crippen LogP contribution in [0.3, 0.4) is 0 Å². The van der Waals surface area contributed by atoms with E-state index in [1.54, 1.807) is 13.2 Å². The van der Waals surface area contributed by atoms with Crippen molar-refractivity contribution in [1.29, 1.82) is 0 Å². The Balaban J connectivity index is 1.46. The molecule has 144 valence electrons. The number of nitrogens with zero attached hydrogens (tertiary/aromatic N) is 2. The van der Waals surface area contributed by atoms with Gasteiger partial charge in [0.2, 0.25) is 0 Å². The van der Waals surface area contributed by atoms with Crippen molar-refractivity contribution in [1.82, 2.24) is 14.8 Å². The fraction of sp³-hybridized carbons (Fsp3) is 0.261. The van der Waals surface area contributed by atoms with E-state index in [2.05, 4.69) is 57.4 Å². The van der Waals surface area contributed by atoms with E-state index in [0.29, 0.717) is 17.9 Å². The van der Waals surface area contributed by atoms with Gasteiger partial charge in [-0.2, -0.15) is 0 Å². The largest absolute Gasteiger partial charge is 0.497 e. The Kier molecular flexibility index (Phi) is 5.44. The van der Waals surface area contributed by atoms with E-state index in [1.807, 2.05) is 24.3 Å². The molecule has 3 aromatic rings. The molecular weight excluding hydrogens is 350 g/mol. The maximum Gasteiger partial charge on any atom is 0.251 e. The monoisotopic (exact) mass is 375 g/mol. The molecule has 1 aliphatic heterocycles. The highest BCUT2D eigenvalue weighted by atomic mass is 16.5. The van der Waals surface area contributed by atoms with Crippen LogP contribution in [0, 0.1) is 0 Å². The van der Waals surface area contributed by atoms with Crippen LogP contribution in [-0.4, -0.2) is 35.1 Å². The maximum atomic E-state index is 12.6. The minimum Gasteiger partial charge on any atom is -0.497 e. The Morgan fingerprint density at radius 1 is 1.11 bits per heavy atom. The van der Waals surface area contributed by atoms with Crippen LogP contribution in [0.25, 0.3) is 0 Å². The van der Waals surface area contributed by atoms with Crippen molar-refractivity contribution in [3.05, 3.63) is 89.7 Å². The number of rotatable bonds is 6. The molecule has 0 saturated carbocycles. The second kappa shape index (κ2) is 8.31. The Hall–Kier alpha value is -3.05. The van der Waals surface area contributed by atoms with Crippen LogP contribution in [0.15, 0.2) is 72.9 Å². The summed E-state index contributed by atoms with van der Waals surface area (Å²) in [5.74, 6) is 0.616. The van der Waals surface area contributed by atoms with Gasteiger partial charge < -0.3 is 14.6 Å². The molecule has 28 heavy (non-hydrogen) atoms. The number of hydrogen-bond acceptors (Lipinski definition) is 3. The van der Waals surface area contributed by atoms with Crippen molar-refractivity contribution in [3.8, 4) is 5.75 Å². The zero-order valence-corrected chi connectivity index (χ0v) is 16.0. The second-order valence-corrected chi connectivity index (χ2v) is 7.14. The van der Waals surface area contributed by atoms with Crippen LogP contribution >= 0.6 is 0 Å². The van der Waals surface area contributed by atoms with Gasteiger partial charge in [-0.05, 0) is 35.9 Å². The van der Waals surface area contributed by atoms with Crippen molar-refractivity contribution in [2.24, 2.45) is 0 Å². The van der Waals surface area contributed by atoms with Crippen molar-refractivity contribution in [3.63, 3.8) is 0 Å². The molecule has 0 bridgehead atoms. The number of carbonyl (C=O) groups excluding carboxylic acids is 1. The zero-order valence-electron chi connectivity index (χ0n) is 16.0. The fourth-order valence-corrected chi connectivity index (χ4v) is 3.72. The van der Waals surface area contributed by atoms with Crippen LogP contribution in [0.4, 0.5) is 0 Å². The van der Waals surface area contributed by atoms with Crippen molar-refractivity contribution in [2.45, 2.75) is 25.7 Å². The van der Waals surface area contributed by atoms with Gasteiger partial charge >= 0.3 is 0 Å². The van der Waals surface area contributed by atoms with E-state index in [0.717, 1.165) is 19.6 Å². The molecule has 0 aliphatic carbocycles.